The molecular weight excluding hydrogens is 408 g/mol. The number of nitrogens with one attached hydrogen (secondary N) is 1. The number of hydrogen-bond donors (Lipinski definition) is 1. The van der Waals surface area contributed by atoms with Crippen LogP contribution in [0.2, 0.25) is 0 Å². The molecule has 1 N–H and O–H groups in total. The van der Waals surface area contributed by atoms with Crippen molar-refractivity contribution in [1.29, 1.82) is 0 Å². The number of hydrogen-bond acceptors (Lipinski definition) is 5. The van der Waals surface area contributed by atoms with Gasteiger partial charge in [0.25, 0.3) is 0 Å². The fourth-order valence-corrected chi connectivity index (χ4v) is 6.21. The molecule has 2 unspecified atom stereocenters. The summed E-state index contributed by atoms with van der Waals surface area (Å²) in [5, 5.41) is 3.85. The molecule has 0 spiro atoms. The van der Waals surface area contributed by atoms with Crippen molar-refractivity contribution in [3.63, 3.8) is 0 Å². The van der Waals surface area contributed by atoms with Crippen LogP contribution >= 0.6 is 0 Å². The van der Waals surface area contributed by atoms with Crippen LogP contribution in [-0.4, -0.2) is 43.1 Å². The maximum absolute atomic E-state index is 13.4. The lowest BCUT2D eigenvalue weighted by Crippen LogP contribution is -2.53. The van der Waals surface area contributed by atoms with Gasteiger partial charge in [0.05, 0.1) is 11.7 Å². The second kappa shape index (κ2) is 11.7. The molecule has 5 heteroatoms. The fourth-order valence-electron chi connectivity index (χ4n) is 6.21. The van der Waals surface area contributed by atoms with Crippen molar-refractivity contribution in [3.8, 4) is 0 Å². The van der Waals surface area contributed by atoms with E-state index in [9.17, 15) is 4.79 Å². The summed E-state index contributed by atoms with van der Waals surface area (Å²) < 4.78 is 0. The van der Waals surface area contributed by atoms with E-state index in [2.05, 4.69) is 42.0 Å². The van der Waals surface area contributed by atoms with Gasteiger partial charge in [-0.05, 0) is 75.5 Å². The highest BCUT2D eigenvalue weighted by Crippen LogP contribution is 2.35. The van der Waals surface area contributed by atoms with Crippen molar-refractivity contribution in [2.45, 2.75) is 104 Å². The second-order valence-corrected chi connectivity index (χ2v) is 10.8. The van der Waals surface area contributed by atoms with Crippen molar-refractivity contribution >= 4 is 17.4 Å². The standard InChI is InChI=1S/C28H46N4O.H2/c1-4-12-22(5-2)20-32-25(29-19-23-13-8-6-9-14-23)18-24(33)27-21(3)17-26(30-28(27)32)31-15-10-7-11-16-31;/h17,22-23,25,29H,4-16,18-20H2,1-3H3;1H. The van der Waals surface area contributed by atoms with Gasteiger partial charge in [0.2, 0.25) is 0 Å². The summed E-state index contributed by atoms with van der Waals surface area (Å²) in [5.74, 6) is 3.67. The van der Waals surface area contributed by atoms with E-state index in [-0.39, 0.29) is 13.4 Å². The highest BCUT2D eigenvalue weighted by molar-refractivity contribution is 6.04. The summed E-state index contributed by atoms with van der Waals surface area (Å²) in [6.07, 6.45) is 14.8. The molecule has 0 aromatic carbocycles. The normalized spacial score (nSPS) is 23.0. The monoisotopic (exact) mass is 456 g/mol. The zero-order valence-corrected chi connectivity index (χ0v) is 21.4. The summed E-state index contributed by atoms with van der Waals surface area (Å²) in [7, 11) is 0. The van der Waals surface area contributed by atoms with Crippen LogP contribution in [0.3, 0.4) is 0 Å². The van der Waals surface area contributed by atoms with Gasteiger partial charge in [-0.25, -0.2) is 4.98 Å². The Bertz CT molecular complexity index is 789. The molecule has 1 aliphatic carbocycles. The number of rotatable bonds is 9. The van der Waals surface area contributed by atoms with Gasteiger partial charge in [-0.3, -0.25) is 10.1 Å². The first-order chi connectivity index (χ1) is 16.1. The van der Waals surface area contributed by atoms with Gasteiger partial charge < -0.3 is 9.80 Å². The van der Waals surface area contributed by atoms with E-state index in [1.54, 1.807) is 0 Å². The first-order valence-electron chi connectivity index (χ1n) is 13.9. The Balaban J connectivity index is 0.00000324. The number of aryl methyl sites for hydroxylation is 1. The molecule has 0 radical (unpaired) electrons. The van der Waals surface area contributed by atoms with Crippen LogP contribution in [0.5, 0.6) is 0 Å². The van der Waals surface area contributed by atoms with Crippen LogP contribution in [0.1, 0.15) is 108 Å². The predicted molar refractivity (Wildman–Crippen MR) is 141 cm³/mol. The molecule has 5 nitrogen and oxygen atoms in total. The van der Waals surface area contributed by atoms with Gasteiger partial charge in [-0.2, -0.15) is 0 Å². The quantitative estimate of drug-likeness (QED) is 0.470. The smallest absolute Gasteiger partial charge is 0.170 e. The highest BCUT2D eigenvalue weighted by Gasteiger charge is 2.35. The van der Waals surface area contributed by atoms with Crippen LogP contribution in [0.25, 0.3) is 0 Å². The number of carbonyl (C=O) groups excluding carboxylic acids is 1. The number of fused-ring (bicyclic) bond motifs is 1. The molecule has 3 aliphatic rings. The molecule has 1 aromatic heterocycles. The Labute approximate surface area is 203 Å². The molecule has 33 heavy (non-hydrogen) atoms. The molecule has 0 bridgehead atoms. The maximum Gasteiger partial charge on any atom is 0.170 e. The van der Waals surface area contributed by atoms with Gasteiger partial charge in [-0.1, -0.05) is 46.0 Å². The van der Waals surface area contributed by atoms with Gasteiger partial charge in [0.15, 0.2) is 5.78 Å². The second-order valence-electron chi connectivity index (χ2n) is 10.8. The molecule has 1 aromatic rings. The maximum atomic E-state index is 13.4. The Hall–Kier alpha value is -1.62. The fraction of sp³-hybridized carbons (Fsp3) is 0.786. The van der Waals surface area contributed by atoms with Crippen LogP contribution in [0.4, 0.5) is 11.6 Å². The van der Waals surface area contributed by atoms with Crippen LogP contribution < -0.4 is 15.1 Å². The largest absolute Gasteiger partial charge is 0.357 e. The lowest BCUT2D eigenvalue weighted by atomic mass is 9.89. The number of carbonyl (C=O) groups is 1. The van der Waals surface area contributed by atoms with E-state index in [1.165, 1.54) is 70.6 Å². The number of aromatic nitrogens is 1. The molecule has 1 saturated carbocycles. The van der Waals surface area contributed by atoms with E-state index < -0.39 is 0 Å². The molecule has 2 aliphatic heterocycles. The number of piperidine rings is 1. The van der Waals surface area contributed by atoms with Gasteiger partial charge in [-0.15, -0.1) is 0 Å². The molecule has 4 rings (SSSR count). The first kappa shape index (κ1) is 24.5. The van der Waals surface area contributed by atoms with Crippen molar-refractivity contribution in [1.82, 2.24) is 10.3 Å². The van der Waals surface area contributed by atoms with Crippen LogP contribution in [0, 0.1) is 18.8 Å². The minimum absolute atomic E-state index is 0. The third kappa shape index (κ3) is 5.90. The SMILES string of the molecule is CCCC(CC)CN1c2nc(N3CCCCC3)cc(C)c2C(=O)CC1NCC1CCCCC1.[HH]. The summed E-state index contributed by atoms with van der Waals surface area (Å²) in [5.41, 5.74) is 1.97. The Kier molecular flexibility index (Phi) is 8.67. The Morgan fingerprint density at radius 1 is 1.12 bits per heavy atom. The van der Waals surface area contributed by atoms with Crippen LogP contribution in [-0.2, 0) is 0 Å². The lowest BCUT2D eigenvalue weighted by Gasteiger charge is -2.41. The highest BCUT2D eigenvalue weighted by atomic mass is 16.1. The Morgan fingerprint density at radius 3 is 2.55 bits per heavy atom. The van der Waals surface area contributed by atoms with Gasteiger partial charge >= 0.3 is 0 Å². The topological polar surface area (TPSA) is 48.5 Å². The number of ketones is 1. The number of nitrogens with zero attached hydrogens (tertiary/aromatic N) is 3. The van der Waals surface area contributed by atoms with E-state index in [1.807, 2.05) is 0 Å². The Morgan fingerprint density at radius 2 is 1.85 bits per heavy atom. The molecule has 3 heterocycles. The average Bonchev–Trinajstić information content (AvgIpc) is 2.84. The third-order valence-corrected chi connectivity index (χ3v) is 8.27. The van der Waals surface area contributed by atoms with Crippen molar-refractivity contribution in [2.24, 2.45) is 11.8 Å². The summed E-state index contributed by atoms with van der Waals surface area (Å²) >= 11 is 0. The number of pyridine rings is 1. The predicted octanol–water partition coefficient (Wildman–Crippen LogP) is 6.34. The van der Waals surface area contributed by atoms with Crippen molar-refractivity contribution < 1.29 is 6.22 Å². The number of anilines is 2. The average molecular weight is 457 g/mol. The summed E-state index contributed by atoms with van der Waals surface area (Å²) in [6, 6.07) is 2.17. The summed E-state index contributed by atoms with van der Waals surface area (Å²) in [6.45, 7) is 10.9. The van der Waals surface area contributed by atoms with E-state index in [0.29, 0.717) is 12.3 Å². The zero-order valence-electron chi connectivity index (χ0n) is 21.4. The van der Waals surface area contributed by atoms with E-state index in [0.717, 1.165) is 54.9 Å². The third-order valence-electron chi connectivity index (χ3n) is 8.27. The van der Waals surface area contributed by atoms with Crippen LogP contribution in [0.15, 0.2) is 6.07 Å². The van der Waals surface area contributed by atoms with E-state index in [4.69, 9.17) is 4.98 Å². The minimum Gasteiger partial charge on any atom is -0.357 e. The minimum atomic E-state index is 0. The molecule has 2 atom stereocenters. The van der Waals surface area contributed by atoms with E-state index >= 15 is 0 Å². The van der Waals surface area contributed by atoms with Gasteiger partial charge in [0, 0.05) is 27.5 Å². The van der Waals surface area contributed by atoms with Gasteiger partial charge in [0.1, 0.15) is 11.6 Å². The lowest BCUT2D eigenvalue weighted by molar-refractivity contribution is 0.0955. The number of Topliss-reactive ketones (excluding diaryl/α,β-unsaturated/α-hetero) is 1. The molecule has 1 saturated heterocycles. The molecule has 186 valence electrons. The molecular formula is C28H48N4O. The molecule has 2 fully saturated rings. The summed E-state index contributed by atoms with van der Waals surface area (Å²) in [4.78, 5) is 23.5. The van der Waals surface area contributed by atoms with Crippen molar-refractivity contribution in [2.75, 3.05) is 36.0 Å². The first-order valence-corrected chi connectivity index (χ1v) is 13.9. The molecule has 0 amide bonds. The zero-order chi connectivity index (χ0) is 23.2. The van der Waals surface area contributed by atoms with Crippen molar-refractivity contribution in [3.05, 3.63) is 17.2 Å².